The average Bonchev–Trinajstić information content (AvgIpc) is 3.03. The first-order valence-corrected chi connectivity index (χ1v) is 8.72. The zero-order chi connectivity index (χ0) is 17.8. The van der Waals surface area contributed by atoms with Gasteiger partial charge in [0.2, 0.25) is 0 Å². The van der Waals surface area contributed by atoms with Crippen LogP contribution in [0.1, 0.15) is 36.1 Å². The van der Waals surface area contributed by atoms with E-state index in [1.54, 1.807) is 6.08 Å². The van der Waals surface area contributed by atoms with Crippen LogP contribution in [-0.4, -0.2) is 39.5 Å². The van der Waals surface area contributed by atoms with Gasteiger partial charge in [-0.25, -0.2) is 4.79 Å². The van der Waals surface area contributed by atoms with Crippen molar-refractivity contribution < 1.29 is 19.5 Å². The Labute approximate surface area is 146 Å². The number of carboxylic acid groups (broad SMARTS) is 1. The van der Waals surface area contributed by atoms with Crippen LogP contribution in [0.3, 0.4) is 0 Å². The molecule has 2 N–H and O–H groups in total. The molecular formula is C19H24N2O4. The molecular weight excluding hydrogens is 320 g/mol. The number of likely N-dealkylation sites (tertiary alicyclic amines) is 1. The first-order chi connectivity index (χ1) is 12.1. The molecule has 3 rings (SSSR count). The Morgan fingerprint density at radius 3 is 2.80 bits per heavy atom. The number of benzene rings is 1. The third-order valence-electron chi connectivity index (χ3n) is 5.11. The summed E-state index contributed by atoms with van der Waals surface area (Å²) in [5.41, 5.74) is 3.37. The van der Waals surface area contributed by atoms with Crippen molar-refractivity contribution in [2.75, 3.05) is 13.1 Å². The Kier molecular flexibility index (Phi) is 5.38. The molecule has 1 aromatic heterocycles. The minimum Gasteiger partial charge on any atom is -0.465 e. The van der Waals surface area contributed by atoms with E-state index in [9.17, 15) is 9.90 Å². The van der Waals surface area contributed by atoms with Gasteiger partial charge >= 0.3 is 6.09 Å². The van der Waals surface area contributed by atoms with Crippen LogP contribution in [0.25, 0.3) is 11.0 Å². The monoisotopic (exact) mass is 344 g/mol. The molecule has 2 heterocycles. The fraction of sp³-hybridized carbons (Fsp3) is 0.474. The number of nitrogens with zero attached hydrogens (tertiary/aromatic N) is 2. The minimum atomic E-state index is -0.826. The Bertz CT molecular complexity index is 760. The lowest BCUT2D eigenvalue weighted by Crippen LogP contribution is -2.37. The predicted molar refractivity (Wildman–Crippen MR) is 94.5 cm³/mol. The Balaban J connectivity index is 1.68. The zero-order valence-corrected chi connectivity index (χ0v) is 14.3. The molecule has 0 spiro atoms. The first-order valence-electron chi connectivity index (χ1n) is 8.72. The summed E-state index contributed by atoms with van der Waals surface area (Å²) in [5.74, 6) is 0.514. The Morgan fingerprint density at radius 2 is 2.16 bits per heavy atom. The summed E-state index contributed by atoms with van der Waals surface area (Å²) in [5, 5.41) is 23.9. The van der Waals surface area contributed by atoms with Crippen LogP contribution >= 0.6 is 0 Å². The summed E-state index contributed by atoms with van der Waals surface area (Å²) in [7, 11) is 0. The number of aliphatic hydroxyl groups excluding tert-OH is 1. The van der Waals surface area contributed by atoms with Gasteiger partial charge in [-0.3, -0.25) is 0 Å². The van der Waals surface area contributed by atoms with Gasteiger partial charge in [0.15, 0.2) is 5.58 Å². The summed E-state index contributed by atoms with van der Waals surface area (Å²) >= 11 is 0. The molecule has 1 fully saturated rings. The van der Waals surface area contributed by atoms with Gasteiger partial charge in [0.25, 0.3) is 0 Å². The second kappa shape index (κ2) is 7.70. The van der Waals surface area contributed by atoms with Crippen LogP contribution in [0.2, 0.25) is 0 Å². The molecule has 0 aliphatic carbocycles. The van der Waals surface area contributed by atoms with Gasteiger partial charge in [-0.2, -0.15) is 0 Å². The number of carbonyl (C=O) groups is 1. The molecule has 134 valence electrons. The van der Waals surface area contributed by atoms with E-state index in [1.165, 1.54) is 4.90 Å². The highest BCUT2D eigenvalue weighted by Crippen LogP contribution is 2.29. The van der Waals surface area contributed by atoms with Crippen molar-refractivity contribution in [3.8, 4) is 0 Å². The van der Waals surface area contributed by atoms with Crippen LogP contribution in [0.15, 0.2) is 29.3 Å². The number of hydrogen-bond acceptors (Lipinski definition) is 4. The molecule has 6 nitrogen and oxygen atoms in total. The highest BCUT2D eigenvalue weighted by molar-refractivity contribution is 5.83. The number of hydrogen-bond donors (Lipinski definition) is 2. The second-order valence-electron chi connectivity index (χ2n) is 6.61. The number of allylic oxidation sites excluding steroid dienone is 1. The summed E-state index contributed by atoms with van der Waals surface area (Å²) in [6.07, 6.45) is 5.23. The Hall–Kier alpha value is -2.34. The highest BCUT2D eigenvalue weighted by Gasteiger charge is 2.23. The largest absolute Gasteiger partial charge is 0.465 e. The SMILES string of the molecule is C=CCc1ccc2c(CCC3CCN(C(=O)O)CC3)noc2c1CO. The maximum absolute atomic E-state index is 11.0. The van der Waals surface area contributed by atoms with E-state index in [0.29, 0.717) is 31.0 Å². The molecule has 1 aliphatic rings. The summed E-state index contributed by atoms with van der Waals surface area (Å²) in [6, 6.07) is 4.01. The molecule has 1 aliphatic heterocycles. The average molecular weight is 344 g/mol. The molecule has 2 aromatic rings. The van der Waals surface area contributed by atoms with Gasteiger partial charge in [-0.05, 0) is 49.7 Å². The number of aromatic nitrogens is 1. The van der Waals surface area contributed by atoms with Gasteiger partial charge in [-0.15, -0.1) is 6.58 Å². The maximum Gasteiger partial charge on any atom is 0.407 e. The predicted octanol–water partition coefficient (Wildman–Crippen LogP) is 3.37. The summed E-state index contributed by atoms with van der Waals surface area (Å²) in [6.45, 7) is 4.89. The summed E-state index contributed by atoms with van der Waals surface area (Å²) < 4.78 is 5.52. The number of aliphatic hydroxyl groups is 1. The summed E-state index contributed by atoms with van der Waals surface area (Å²) in [4.78, 5) is 12.4. The normalized spacial score (nSPS) is 15.6. The molecule has 0 saturated carbocycles. The van der Waals surface area contributed by atoms with Crippen LogP contribution in [0.4, 0.5) is 4.79 Å². The molecule has 1 aromatic carbocycles. The van der Waals surface area contributed by atoms with Crippen molar-refractivity contribution in [3.63, 3.8) is 0 Å². The lowest BCUT2D eigenvalue weighted by atomic mass is 9.91. The van der Waals surface area contributed by atoms with E-state index in [4.69, 9.17) is 9.63 Å². The number of fused-ring (bicyclic) bond motifs is 1. The van der Waals surface area contributed by atoms with Crippen LogP contribution in [0, 0.1) is 5.92 Å². The van der Waals surface area contributed by atoms with Gasteiger partial charge < -0.3 is 19.6 Å². The van der Waals surface area contributed by atoms with E-state index in [1.807, 2.05) is 12.1 Å². The number of rotatable bonds is 6. The third-order valence-corrected chi connectivity index (χ3v) is 5.11. The lowest BCUT2D eigenvalue weighted by Gasteiger charge is -2.29. The Morgan fingerprint density at radius 1 is 1.40 bits per heavy atom. The van der Waals surface area contributed by atoms with Gasteiger partial charge in [-0.1, -0.05) is 17.3 Å². The van der Waals surface area contributed by atoms with E-state index in [2.05, 4.69) is 11.7 Å². The van der Waals surface area contributed by atoms with Crippen molar-refractivity contribution in [2.24, 2.45) is 5.92 Å². The fourth-order valence-corrected chi connectivity index (χ4v) is 3.60. The van der Waals surface area contributed by atoms with Gasteiger partial charge in [0.1, 0.15) is 0 Å². The first kappa shape index (κ1) is 17.5. The van der Waals surface area contributed by atoms with Crippen molar-refractivity contribution in [3.05, 3.63) is 41.6 Å². The van der Waals surface area contributed by atoms with Crippen molar-refractivity contribution in [1.29, 1.82) is 0 Å². The fourth-order valence-electron chi connectivity index (χ4n) is 3.60. The van der Waals surface area contributed by atoms with E-state index in [0.717, 1.165) is 47.9 Å². The van der Waals surface area contributed by atoms with Crippen LogP contribution in [0.5, 0.6) is 0 Å². The molecule has 1 saturated heterocycles. The molecule has 25 heavy (non-hydrogen) atoms. The van der Waals surface area contributed by atoms with Crippen molar-refractivity contribution in [1.82, 2.24) is 10.1 Å². The number of amides is 1. The molecule has 6 heteroatoms. The smallest absolute Gasteiger partial charge is 0.407 e. The topological polar surface area (TPSA) is 86.8 Å². The van der Waals surface area contributed by atoms with Gasteiger partial charge in [0.05, 0.1) is 12.3 Å². The van der Waals surface area contributed by atoms with Gasteiger partial charge in [0, 0.05) is 24.0 Å². The molecule has 0 bridgehead atoms. The van der Waals surface area contributed by atoms with E-state index < -0.39 is 6.09 Å². The quantitative estimate of drug-likeness (QED) is 0.785. The molecule has 1 amide bonds. The maximum atomic E-state index is 11.0. The van der Waals surface area contributed by atoms with Crippen LogP contribution in [-0.2, 0) is 19.4 Å². The van der Waals surface area contributed by atoms with Crippen LogP contribution < -0.4 is 0 Å². The minimum absolute atomic E-state index is 0.0806. The number of piperidine rings is 1. The highest BCUT2D eigenvalue weighted by atomic mass is 16.5. The molecule has 0 atom stereocenters. The standard InChI is InChI=1S/C19H24N2O4/c1-2-3-14-5-6-15-17(20-25-18(15)16(14)12-22)7-4-13-8-10-21(11-9-13)19(23)24/h2,5-6,13,22H,1,3-4,7-12H2,(H,23,24). The number of aryl methyl sites for hydroxylation is 1. The third kappa shape index (κ3) is 3.69. The zero-order valence-electron chi connectivity index (χ0n) is 14.3. The van der Waals surface area contributed by atoms with Crippen molar-refractivity contribution in [2.45, 2.75) is 38.7 Å². The van der Waals surface area contributed by atoms with Crippen molar-refractivity contribution >= 4 is 17.1 Å². The second-order valence-corrected chi connectivity index (χ2v) is 6.61. The molecule has 0 unspecified atom stereocenters. The lowest BCUT2D eigenvalue weighted by molar-refractivity contribution is 0.123. The van der Waals surface area contributed by atoms with E-state index >= 15 is 0 Å². The molecule has 0 radical (unpaired) electrons. The van der Waals surface area contributed by atoms with E-state index in [-0.39, 0.29) is 6.61 Å².